The second-order valence-electron chi connectivity index (χ2n) is 6.38. The minimum absolute atomic E-state index is 0.0421. The zero-order chi connectivity index (χ0) is 23.4. The fourth-order valence-electron chi connectivity index (χ4n) is 2.88. The van der Waals surface area contributed by atoms with Crippen LogP contribution in [-0.4, -0.2) is 42.1 Å². The van der Waals surface area contributed by atoms with Crippen molar-refractivity contribution in [2.24, 2.45) is 0 Å². The summed E-state index contributed by atoms with van der Waals surface area (Å²) in [5.41, 5.74) is -0.0861. The lowest BCUT2D eigenvalue weighted by atomic mass is 10.1. The molecular formula is C21H16BrFN2O7. The molecule has 1 aliphatic heterocycles. The van der Waals surface area contributed by atoms with Crippen LogP contribution in [0.1, 0.15) is 12.5 Å². The Kier molecular flexibility index (Phi) is 6.89. The second kappa shape index (κ2) is 9.60. The van der Waals surface area contributed by atoms with Crippen molar-refractivity contribution in [3.63, 3.8) is 0 Å². The largest absolute Gasteiger partial charge is 0.490 e. The maximum Gasteiger partial charge on any atom is 0.341 e. The van der Waals surface area contributed by atoms with Crippen LogP contribution in [0.15, 0.2) is 46.4 Å². The topological polar surface area (TPSA) is 122 Å². The summed E-state index contributed by atoms with van der Waals surface area (Å²) in [6.45, 7) is 1.34. The Bertz CT molecular complexity index is 1150. The van der Waals surface area contributed by atoms with E-state index in [9.17, 15) is 23.6 Å². The quantitative estimate of drug-likeness (QED) is 0.436. The number of ether oxygens (including phenoxy) is 2. The van der Waals surface area contributed by atoms with Crippen molar-refractivity contribution in [3.8, 4) is 11.5 Å². The predicted octanol–water partition coefficient (Wildman–Crippen LogP) is 3.12. The van der Waals surface area contributed by atoms with Crippen LogP contribution in [0.2, 0.25) is 0 Å². The summed E-state index contributed by atoms with van der Waals surface area (Å²) in [4.78, 5) is 49.0. The highest BCUT2D eigenvalue weighted by atomic mass is 79.9. The third-order valence-electron chi connectivity index (χ3n) is 4.15. The molecule has 1 saturated heterocycles. The first-order chi connectivity index (χ1) is 15.2. The third kappa shape index (κ3) is 4.94. The predicted molar refractivity (Wildman–Crippen MR) is 114 cm³/mol. The number of hydrogen-bond donors (Lipinski definition) is 2. The van der Waals surface area contributed by atoms with E-state index in [-0.39, 0.29) is 29.4 Å². The summed E-state index contributed by atoms with van der Waals surface area (Å²) in [6.07, 6.45) is 1.23. The van der Waals surface area contributed by atoms with Gasteiger partial charge in [0, 0.05) is 0 Å². The highest BCUT2D eigenvalue weighted by molar-refractivity contribution is 9.10. The van der Waals surface area contributed by atoms with Crippen molar-refractivity contribution in [3.05, 3.63) is 57.8 Å². The van der Waals surface area contributed by atoms with Gasteiger partial charge in [-0.3, -0.25) is 14.9 Å². The third-order valence-corrected chi connectivity index (χ3v) is 4.74. The van der Waals surface area contributed by atoms with E-state index in [0.29, 0.717) is 14.9 Å². The monoisotopic (exact) mass is 506 g/mol. The van der Waals surface area contributed by atoms with Crippen LogP contribution in [0.4, 0.5) is 14.9 Å². The number of carbonyl (C=O) groups is 4. The van der Waals surface area contributed by atoms with Gasteiger partial charge in [0.15, 0.2) is 18.1 Å². The van der Waals surface area contributed by atoms with E-state index in [4.69, 9.17) is 14.6 Å². The van der Waals surface area contributed by atoms with Crippen molar-refractivity contribution in [1.82, 2.24) is 5.32 Å². The number of amides is 4. The summed E-state index contributed by atoms with van der Waals surface area (Å²) >= 11 is 3.26. The molecule has 0 saturated carbocycles. The van der Waals surface area contributed by atoms with Gasteiger partial charge < -0.3 is 14.6 Å². The Morgan fingerprint density at radius 3 is 2.62 bits per heavy atom. The average molecular weight is 507 g/mol. The molecule has 2 aromatic carbocycles. The van der Waals surface area contributed by atoms with Crippen molar-refractivity contribution in [2.45, 2.75) is 6.92 Å². The number of nitrogens with zero attached hydrogens (tertiary/aromatic N) is 1. The lowest BCUT2D eigenvalue weighted by Crippen LogP contribution is -2.54. The lowest BCUT2D eigenvalue weighted by Gasteiger charge is -2.26. The highest BCUT2D eigenvalue weighted by Gasteiger charge is 2.37. The standard InChI is InChI=1S/C21H16BrFN2O7/c1-2-31-16-8-11(7-15(22)18(16)32-10-17(26)27)6-14-19(28)24-21(30)25(20(14)29)13-5-3-4-12(23)9-13/h3-9H,2,10H2,1H3,(H,26,27)(H,24,28,30)/b14-6+. The number of urea groups is 1. The van der Waals surface area contributed by atoms with Gasteiger partial charge in [-0.2, -0.15) is 0 Å². The van der Waals surface area contributed by atoms with Gasteiger partial charge in [0.2, 0.25) is 0 Å². The fourth-order valence-corrected chi connectivity index (χ4v) is 3.46. The smallest absolute Gasteiger partial charge is 0.341 e. The number of benzene rings is 2. The molecular weight excluding hydrogens is 491 g/mol. The van der Waals surface area contributed by atoms with Crippen LogP contribution in [-0.2, 0) is 14.4 Å². The molecule has 0 unspecified atom stereocenters. The van der Waals surface area contributed by atoms with Gasteiger partial charge in [-0.15, -0.1) is 0 Å². The number of carboxylic acid groups (broad SMARTS) is 1. The summed E-state index contributed by atoms with van der Waals surface area (Å²) < 4.78 is 24.6. The Hall–Kier alpha value is -3.73. The number of halogens is 2. The number of rotatable bonds is 7. The molecule has 9 nitrogen and oxygen atoms in total. The van der Waals surface area contributed by atoms with Gasteiger partial charge in [0.1, 0.15) is 11.4 Å². The number of aliphatic carboxylic acids is 1. The number of barbiturate groups is 1. The molecule has 1 aliphatic rings. The number of imide groups is 2. The van der Waals surface area contributed by atoms with Crippen LogP contribution >= 0.6 is 15.9 Å². The van der Waals surface area contributed by atoms with Gasteiger partial charge in [0.25, 0.3) is 11.8 Å². The fraction of sp³-hybridized carbons (Fsp3) is 0.143. The van der Waals surface area contributed by atoms with Crippen LogP contribution in [0.3, 0.4) is 0 Å². The number of carboxylic acids is 1. The Balaban J connectivity index is 2.01. The highest BCUT2D eigenvalue weighted by Crippen LogP contribution is 2.38. The molecule has 11 heteroatoms. The molecule has 1 fully saturated rings. The van der Waals surface area contributed by atoms with E-state index >= 15 is 0 Å². The molecule has 0 atom stereocenters. The van der Waals surface area contributed by atoms with Crippen molar-refractivity contribution >= 4 is 51.5 Å². The van der Waals surface area contributed by atoms with E-state index in [0.717, 1.165) is 12.1 Å². The number of hydrogen-bond acceptors (Lipinski definition) is 6. The molecule has 0 aromatic heterocycles. The zero-order valence-electron chi connectivity index (χ0n) is 16.6. The summed E-state index contributed by atoms with van der Waals surface area (Å²) in [6, 6.07) is 6.75. The van der Waals surface area contributed by atoms with Gasteiger partial charge >= 0.3 is 12.0 Å². The molecule has 2 N–H and O–H groups in total. The molecule has 3 rings (SSSR count). The molecule has 2 aromatic rings. The average Bonchev–Trinajstić information content (AvgIpc) is 2.70. The second-order valence-corrected chi connectivity index (χ2v) is 7.24. The normalized spacial score (nSPS) is 15.0. The van der Waals surface area contributed by atoms with E-state index in [1.165, 1.54) is 30.3 Å². The molecule has 0 spiro atoms. The lowest BCUT2D eigenvalue weighted by molar-refractivity contribution is -0.139. The van der Waals surface area contributed by atoms with E-state index in [1.54, 1.807) is 6.92 Å². The van der Waals surface area contributed by atoms with Gasteiger partial charge in [-0.25, -0.2) is 18.9 Å². The number of carbonyl (C=O) groups excluding carboxylic acids is 3. The minimum Gasteiger partial charge on any atom is -0.490 e. The number of anilines is 1. The Morgan fingerprint density at radius 2 is 1.97 bits per heavy atom. The molecule has 0 bridgehead atoms. The zero-order valence-corrected chi connectivity index (χ0v) is 18.1. The minimum atomic E-state index is -1.18. The Morgan fingerprint density at radius 1 is 1.22 bits per heavy atom. The van der Waals surface area contributed by atoms with Crippen LogP contribution in [0, 0.1) is 5.82 Å². The maximum absolute atomic E-state index is 13.6. The van der Waals surface area contributed by atoms with Gasteiger partial charge in [0.05, 0.1) is 16.8 Å². The van der Waals surface area contributed by atoms with Crippen molar-refractivity contribution < 1.29 is 38.1 Å². The van der Waals surface area contributed by atoms with Crippen LogP contribution < -0.4 is 19.7 Å². The summed E-state index contributed by atoms with van der Waals surface area (Å²) in [5.74, 6) is -3.40. The first-order valence-electron chi connectivity index (χ1n) is 9.19. The SMILES string of the molecule is CCOc1cc(/C=C2\C(=O)NC(=O)N(c3cccc(F)c3)C2=O)cc(Br)c1OCC(=O)O. The Labute approximate surface area is 189 Å². The molecule has 32 heavy (non-hydrogen) atoms. The van der Waals surface area contributed by atoms with E-state index < -0.39 is 36.2 Å². The molecule has 4 amide bonds. The van der Waals surface area contributed by atoms with Crippen molar-refractivity contribution in [1.29, 1.82) is 0 Å². The van der Waals surface area contributed by atoms with E-state index in [2.05, 4.69) is 21.2 Å². The maximum atomic E-state index is 13.6. The first-order valence-corrected chi connectivity index (χ1v) is 9.98. The van der Waals surface area contributed by atoms with Gasteiger partial charge in [-0.05, 0) is 64.8 Å². The summed E-state index contributed by atoms with van der Waals surface area (Å²) in [7, 11) is 0. The van der Waals surface area contributed by atoms with Crippen LogP contribution in [0.5, 0.6) is 11.5 Å². The van der Waals surface area contributed by atoms with Crippen LogP contribution in [0.25, 0.3) is 6.08 Å². The van der Waals surface area contributed by atoms with Gasteiger partial charge in [-0.1, -0.05) is 6.07 Å². The summed E-state index contributed by atoms with van der Waals surface area (Å²) in [5, 5.41) is 10.9. The molecule has 0 aliphatic carbocycles. The van der Waals surface area contributed by atoms with E-state index in [1.807, 2.05) is 0 Å². The van der Waals surface area contributed by atoms with Crippen molar-refractivity contribution in [2.75, 3.05) is 18.1 Å². The number of nitrogens with one attached hydrogen (secondary N) is 1. The first kappa shape index (κ1) is 22.9. The molecule has 0 radical (unpaired) electrons. The molecule has 166 valence electrons. The molecule has 1 heterocycles.